The van der Waals surface area contributed by atoms with Gasteiger partial charge >= 0.3 is 6.18 Å². The van der Waals surface area contributed by atoms with Crippen LogP contribution in [0.1, 0.15) is 31.4 Å². The fraction of sp³-hybridized carbons (Fsp3) is 0.111. The molecule has 41 heavy (non-hydrogen) atoms. The lowest BCUT2D eigenvalue weighted by Crippen LogP contribution is -2.18. The van der Waals surface area contributed by atoms with Gasteiger partial charge in [-0.3, -0.25) is 9.59 Å². The third kappa shape index (κ3) is 5.72. The SMILES string of the molecule is Cc1ccc(-c2cc(C(F)(F)F)nc3sc(C(N)=O)c(NC(=O)c4ccn(COc5ccc(F)cc5F)n4)c23)cc1. The Kier molecular flexibility index (Phi) is 7.17. The van der Waals surface area contributed by atoms with Crippen LogP contribution in [0.2, 0.25) is 0 Å². The Morgan fingerprint density at radius 2 is 1.80 bits per heavy atom. The fourth-order valence-electron chi connectivity index (χ4n) is 3.96. The molecular formula is C27H18F5N5O3S. The van der Waals surface area contributed by atoms with Crippen LogP contribution in [0.5, 0.6) is 5.75 Å². The van der Waals surface area contributed by atoms with E-state index in [4.69, 9.17) is 10.5 Å². The summed E-state index contributed by atoms with van der Waals surface area (Å²) >= 11 is 0.617. The number of hydrogen-bond donors (Lipinski definition) is 2. The largest absolute Gasteiger partial charge is 0.468 e. The number of hydrogen-bond acceptors (Lipinski definition) is 6. The number of primary amides is 1. The lowest BCUT2D eigenvalue weighted by atomic mass is 10.00. The monoisotopic (exact) mass is 587 g/mol. The second-order valence-electron chi connectivity index (χ2n) is 8.81. The van der Waals surface area contributed by atoms with Crippen LogP contribution in [-0.4, -0.2) is 26.6 Å². The van der Waals surface area contributed by atoms with Crippen molar-refractivity contribution >= 4 is 39.1 Å². The van der Waals surface area contributed by atoms with Gasteiger partial charge in [0.25, 0.3) is 11.8 Å². The summed E-state index contributed by atoms with van der Waals surface area (Å²) in [6.07, 6.45) is -3.42. The van der Waals surface area contributed by atoms with Gasteiger partial charge in [0.1, 0.15) is 21.2 Å². The van der Waals surface area contributed by atoms with E-state index >= 15 is 0 Å². The minimum atomic E-state index is -4.78. The van der Waals surface area contributed by atoms with E-state index < -0.39 is 35.3 Å². The summed E-state index contributed by atoms with van der Waals surface area (Å²) in [6.45, 7) is 1.49. The Balaban J connectivity index is 1.51. The first-order valence-electron chi connectivity index (χ1n) is 11.7. The number of nitrogens with one attached hydrogen (secondary N) is 1. The summed E-state index contributed by atoms with van der Waals surface area (Å²) in [5.74, 6) is -3.73. The van der Waals surface area contributed by atoms with Crippen molar-refractivity contribution in [3.8, 4) is 16.9 Å². The van der Waals surface area contributed by atoms with Crippen LogP contribution in [0.4, 0.5) is 27.6 Å². The highest BCUT2D eigenvalue weighted by molar-refractivity contribution is 7.21. The fourth-order valence-corrected chi connectivity index (χ4v) is 4.96. The molecule has 0 unspecified atom stereocenters. The maximum absolute atomic E-state index is 13.8. The number of fused-ring (bicyclic) bond motifs is 1. The standard InChI is InChI=1S/C27H18F5N5O3S/c1-13-2-4-14(5-3-13)16-11-20(27(30,31)32)34-26-21(16)22(23(41-26)24(33)38)35-25(39)18-8-9-37(36-18)12-40-19-7-6-15(28)10-17(19)29/h2-11H,12H2,1H3,(H2,33,38)(H,35,39). The van der Waals surface area contributed by atoms with Crippen molar-refractivity contribution in [3.63, 3.8) is 0 Å². The van der Waals surface area contributed by atoms with Gasteiger partial charge in [-0.15, -0.1) is 11.3 Å². The number of nitrogens with two attached hydrogens (primary N) is 1. The van der Waals surface area contributed by atoms with Crippen LogP contribution in [0.15, 0.2) is 60.8 Å². The van der Waals surface area contributed by atoms with Crippen molar-refractivity contribution < 1.29 is 36.3 Å². The smallest absolute Gasteiger partial charge is 0.433 e. The van der Waals surface area contributed by atoms with E-state index in [1.54, 1.807) is 24.3 Å². The topological polar surface area (TPSA) is 112 Å². The highest BCUT2D eigenvalue weighted by Crippen LogP contribution is 2.43. The first-order valence-corrected chi connectivity index (χ1v) is 12.6. The molecule has 8 nitrogen and oxygen atoms in total. The minimum absolute atomic E-state index is 0.0848. The molecule has 0 aliphatic rings. The summed E-state index contributed by atoms with van der Waals surface area (Å²) < 4.78 is 74.5. The second kappa shape index (κ2) is 10.6. The quantitative estimate of drug-likeness (QED) is 0.222. The molecule has 0 radical (unpaired) electrons. The summed E-state index contributed by atoms with van der Waals surface area (Å²) in [6, 6.07) is 11.6. The van der Waals surface area contributed by atoms with Gasteiger partial charge < -0.3 is 15.8 Å². The normalized spacial score (nSPS) is 11.6. The van der Waals surface area contributed by atoms with Gasteiger partial charge in [0.15, 0.2) is 24.0 Å². The van der Waals surface area contributed by atoms with Crippen molar-refractivity contribution in [3.05, 3.63) is 94.3 Å². The Labute approximate surface area is 232 Å². The highest BCUT2D eigenvalue weighted by atomic mass is 32.1. The van der Waals surface area contributed by atoms with Crippen molar-refractivity contribution in [1.82, 2.24) is 14.8 Å². The molecule has 5 rings (SSSR count). The second-order valence-corrected chi connectivity index (χ2v) is 9.81. The van der Waals surface area contributed by atoms with E-state index in [1.807, 2.05) is 6.92 Å². The zero-order valence-corrected chi connectivity index (χ0v) is 21.7. The van der Waals surface area contributed by atoms with Gasteiger partial charge in [-0.25, -0.2) is 18.4 Å². The molecule has 3 heterocycles. The molecule has 3 aromatic heterocycles. The Morgan fingerprint density at radius 3 is 2.46 bits per heavy atom. The Hall–Kier alpha value is -4.85. The van der Waals surface area contributed by atoms with Crippen LogP contribution in [-0.2, 0) is 12.9 Å². The molecule has 0 aliphatic carbocycles. The minimum Gasteiger partial charge on any atom is -0.468 e. The van der Waals surface area contributed by atoms with E-state index in [1.165, 1.54) is 12.3 Å². The van der Waals surface area contributed by atoms with Crippen LogP contribution in [0.3, 0.4) is 0 Å². The van der Waals surface area contributed by atoms with Gasteiger partial charge in [-0.2, -0.15) is 18.3 Å². The number of alkyl halides is 3. The van der Waals surface area contributed by atoms with Crippen LogP contribution >= 0.6 is 11.3 Å². The number of pyridine rings is 1. The molecule has 14 heteroatoms. The van der Waals surface area contributed by atoms with Gasteiger partial charge in [0, 0.05) is 17.6 Å². The average Bonchev–Trinajstić information content (AvgIpc) is 3.53. The predicted octanol–water partition coefficient (Wildman–Crippen LogP) is 6.15. The number of carbonyl (C=O) groups is 2. The molecule has 0 atom stereocenters. The Morgan fingerprint density at radius 1 is 1.07 bits per heavy atom. The molecule has 0 spiro atoms. The van der Waals surface area contributed by atoms with E-state index in [0.29, 0.717) is 23.0 Å². The van der Waals surface area contributed by atoms with Crippen molar-refractivity contribution in [2.75, 3.05) is 5.32 Å². The summed E-state index contributed by atoms with van der Waals surface area (Å²) in [4.78, 5) is 28.8. The molecule has 210 valence electrons. The third-order valence-electron chi connectivity index (χ3n) is 5.90. The van der Waals surface area contributed by atoms with Crippen molar-refractivity contribution in [1.29, 1.82) is 0 Å². The molecule has 0 aliphatic heterocycles. The van der Waals surface area contributed by atoms with E-state index in [-0.39, 0.29) is 44.5 Å². The van der Waals surface area contributed by atoms with Gasteiger partial charge in [0.05, 0.1) is 5.69 Å². The lowest BCUT2D eigenvalue weighted by Gasteiger charge is -2.12. The molecule has 3 N–H and O–H groups in total. The number of amides is 2. The first-order chi connectivity index (χ1) is 19.4. The van der Waals surface area contributed by atoms with Gasteiger partial charge in [-0.05, 0) is 42.3 Å². The summed E-state index contributed by atoms with van der Waals surface area (Å²) in [7, 11) is 0. The zero-order chi connectivity index (χ0) is 29.5. The average molecular weight is 588 g/mol. The number of anilines is 1. The number of aryl methyl sites for hydroxylation is 1. The molecule has 5 aromatic rings. The third-order valence-corrected chi connectivity index (χ3v) is 7.00. The molecule has 0 saturated carbocycles. The highest BCUT2D eigenvalue weighted by Gasteiger charge is 2.35. The van der Waals surface area contributed by atoms with E-state index in [0.717, 1.165) is 28.4 Å². The molecule has 2 amide bonds. The summed E-state index contributed by atoms with van der Waals surface area (Å²) in [5, 5.41) is 6.70. The number of carbonyl (C=O) groups excluding carboxylic acids is 2. The molecular weight excluding hydrogens is 569 g/mol. The number of benzene rings is 2. The number of nitrogens with zero attached hydrogens (tertiary/aromatic N) is 3. The maximum Gasteiger partial charge on any atom is 0.433 e. The first kappa shape index (κ1) is 27.7. The number of halogens is 5. The molecule has 2 aromatic carbocycles. The molecule has 0 saturated heterocycles. The van der Waals surface area contributed by atoms with E-state index in [9.17, 15) is 31.5 Å². The van der Waals surface area contributed by atoms with Gasteiger partial charge in [0.2, 0.25) is 0 Å². The number of aromatic nitrogens is 3. The number of ether oxygens (including phenoxy) is 1. The van der Waals surface area contributed by atoms with Crippen molar-refractivity contribution in [2.45, 2.75) is 19.8 Å². The van der Waals surface area contributed by atoms with Crippen LogP contribution in [0, 0.1) is 18.6 Å². The summed E-state index contributed by atoms with van der Waals surface area (Å²) in [5.41, 5.74) is 5.44. The molecule has 0 bridgehead atoms. The van der Waals surface area contributed by atoms with Crippen LogP contribution < -0.4 is 15.8 Å². The van der Waals surface area contributed by atoms with E-state index in [2.05, 4.69) is 15.4 Å². The number of thiophene rings is 1. The predicted molar refractivity (Wildman–Crippen MR) is 140 cm³/mol. The lowest BCUT2D eigenvalue weighted by molar-refractivity contribution is -0.140. The van der Waals surface area contributed by atoms with Crippen LogP contribution in [0.25, 0.3) is 21.3 Å². The number of rotatable bonds is 7. The van der Waals surface area contributed by atoms with Gasteiger partial charge in [-0.1, -0.05) is 29.8 Å². The van der Waals surface area contributed by atoms with Crippen molar-refractivity contribution in [2.24, 2.45) is 5.73 Å². The maximum atomic E-state index is 13.8. The zero-order valence-electron chi connectivity index (χ0n) is 20.9. The molecule has 0 fully saturated rings. The Bertz CT molecular complexity index is 1800.